The first-order chi connectivity index (χ1) is 11.3. The Morgan fingerprint density at radius 2 is 2.00 bits per heavy atom. The number of hydrogen-bond donors (Lipinski definition) is 0. The molecule has 1 fully saturated rings. The number of pyridine rings is 1. The quantitative estimate of drug-likeness (QED) is 0.836. The van der Waals surface area contributed by atoms with Crippen molar-refractivity contribution in [2.24, 2.45) is 0 Å². The van der Waals surface area contributed by atoms with Crippen LogP contribution in [0.5, 0.6) is 5.88 Å². The molecule has 3 rings (SSSR count). The van der Waals surface area contributed by atoms with E-state index in [0.29, 0.717) is 17.5 Å². The molecule has 0 amide bonds. The minimum absolute atomic E-state index is 0.404. The molecule has 0 radical (unpaired) electrons. The molecule has 3 heterocycles. The van der Waals surface area contributed by atoms with Gasteiger partial charge in [-0.15, -0.1) is 0 Å². The van der Waals surface area contributed by atoms with Gasteiger partial charge in [-0.1, -0.05) is 6.07 Å². The molecule has 0 saturated carbocycles. The van der Waals surface area contributed by atoms with E-state index in [-0.39, 0.29) is 0 Å². The van der Waals surface area contributed by atoms with Gasteiger partial charge in [-0.25, -0.2) is 15.0 Å². The van der Waals surface area contributed by atoms with Crippen molar-refractivity contribution in [1.29, 1.82) is 5.26 Å². The lowest BCUT2D eigenvalue weighted by molar-refractivity contribution is 0.248. The molecule has 2 aromatic rings. The van der Waals surface area contributed by atoms with Gasteiger partial charge in [0, 0.05) is 51.2 Å². The highest BCUT2D eigenvalue weighted by molar-refractivity contribution is 5.34. The van der Waals surface area contributed by atoms with Gasteiger partial charge in [-0.3, -0.25) is 4.90 Å². The summed E-state index contributed by atoms with van der Waals surface area (Å²) in [5.41, 5.74) is 1.57. The van der Waals surface area contributed by atoms with Gasteiger partial charge in [-0.2, -0.15) is 5.26 Å². The highest BCUT2D eigenvalue weighted by Crippen LogP contribution is 2.14. The summed E-state index contributed by atoms with van der Waals surface area (Å²) in [4.78, 5) is 17.2. The van der Waals surface area contributed by atoms with Crippen LogP contribution in [-0.4, -0.2) is 53.1 Å². The Labute approximate surface area is 135 Å². The van der Waals surface area contributed by atoms with Crippen LogP contribution in [0, 0.1) is 11.3 Å². The van der Waals surface area contributed by atoms with E-state index in [1.165, 1.54) is 5.56 Å². The van der Waals surface area contributed by atoms with Gasteiger partial charge >= 0.3 is 0 Å². The van der Waals surface area contributed by atoms with Crippen LogP contribution in [0.1, 0.15) is 11.3 Å². The van der Waals surface area contributed by atoms with Gasteiger partial charge in [0.1, 0.15) is 11.8 Å². The van der Waals surface area contributed by atoms with Crippen LogP contribution < -0.4 is 9.64 Å². The highest BCUT2D eigenvalue weighted by Gasteiger charge is 2.19. The molecule has 118 valence electrons. The van der Waals surface area contributed by atoms with Crippen molar-refractivity contribution >= 4 is 5.95 Å². The molecular weight excluding hydrogens is 292 g/mol. The third-order valence-electron chi connectivity index (χ3n) is 3.83. The van der Waals surface area contributed by atoms with E-state index in [0.717, 1.165) is 32.7 Å². The zero-order valence-electron chi connectivity index (χ0n) is 13.0. The van der Waals surface area contributed by atoms with Crippen molar-refractivity contribution in [2.45, 2.75) is 6.54 Å². The second kappa shape index (κ2) is 7.03. The number of rotatable bonds is 4. The third-order valence-corrected chi connectivity index (χ3v) is 3.83. The summed E-state index contributed by atoms with van der Waals surface area (Å²) in [5.74, 6) is 1.27. The zero-order valence-corrected chi connectivity index (χ0v) is 13.0. The number of nitriles is 1. The topological polar surface area (TPSA) is 78.2 Å². The van der Waals surface area contributed by atoms with Crippen molar-refractivity contribution in [2.75, 3.05) is 38.2 Å². The second-order valence-electron chi connectivity index (χ2n) is 5.33. The lowest BCUT2D eigenvalue weighted by Gasteiger charge is -2.34. The summed E-state index contributed by atoms with van der Waals surface area (Å²) in [6.45, 7) is 4.40. The number of methoxy groups -OCH3 is 1. The Bertz CT molecular complexity index is 688. The molecule has 0 aliphatic carbocycles. The zero-order chi connectivity index (χ0) is 16.1. The Hall–Kier alpha value is -2.72. The van der Waals surface area contributed by atoms with E-state index >= 15 is 0 Å². The van der Waals surface area contributed by atoms with E-state index in [1.54, 1.807) is 19.4 Å². The number of hydrogen-bond acceptors (Lipinski definition) is 7. The Balaban J connectivity index is 1.56. The molecule has 0 N–H and O–H groups in total. The molecule has 0 aromatic carbocycles. The van der Waals surface area contributed by atoms with E-state index in [9.17, 15) is 0 Å². The summed E-state index contributed by atoms with van der Waals surface area (Å²) in [6.07, 6.45) is 3.49. The standard InChI is InChI=1S/C16H18N6O/c1-23-15-3-2-13(11-19-15)12-21-6-8-22(9-7-21)16-18-5-4-14(10-17)20-16/h2-5,11H,6-9,12H2,1H3. The number of piperazine rings is 1. The normalized spacial score (nSPS) is 15.2. The van der Waals surface area contributed by atoms with Crippen molar-refractivity contribution in [3.8, 4) is 11.9 Å². The largest absolute Gasteiger partial charge is 0.481 e. The average Bonchev–Trinajstić information content (AvgIpc) is 2.63. The van der Waals surface area contributed by atoms with Crippen LogP contribution in [0.15, 0.2) is 30.6 Å². The first-order valence-electron chi connectivity index (χ1n) is 7.48. The van der Waals surface area contributed by atoms with Gasteiger partial charge < -0.3 is 9.64 Å². The Kier molecular flexibility index (Phi) is 4.64. The average molecular weight is 310 g/mol. The maximum Gasteiger partial charge on any atom is 0.226 e. The molecule has 0 spiro atoms. The lowest BCUT2D eigenvalue weighted by Crippen LogP contribution is -2.46. The predicted octanol–water partition coefficient (Wildman–Crippen LogP) is 1.07. The third kappa shape index (κ3) is 3.73. The van der Waals surface area contributed by atoms with Crippen molar-refractivity contribution in [3.63, 3.8) is 0 Å². The maximum absolute atomic E-state index is 8.92. The van der Waals surface area contributed by atoms with E-state index in [1.807, 2.05) is 18.3 Å². The molecule has 23 heavy (non-hydrogen) atoms. The van der Waals surface area contributed by atoms with Gasteiger partial charge in [0.25, 0.3) is 0 Å². The van der Waals surface area contributed by atoms with Crippen molar-refractivity contribution < 1.29 is 4.74 Å². The molecular formula is C16H18N6O. The fraction of sp³-hybridized carbons (Fsp3) is 0.375. The van der Waals surface area contributed by atoms with Crippen molar-refractivity contribution in [3.05, 3.63) is 41.9 Å². The molecule has 0 unspecified atom stereocenters. The predicted molar refractivity (Wildman–Crippen MR) is 85.0 cm³/mol. The molecule has 7 heteroatoms. The van der Waals surface area contributed by atoms with Crippen LogP contribution in [0.25, 0.3) is 0 Å². The SMILES string of the molecule is COc1ccc(CN2CCN(c3nccc(C#N)n3)CC2)cn1. The summed E-state index contributed by atoms with van der Waals surface area (Å²) >= 11 is 0. The lowest BCUT2D eigenvalue weighted by atomic mass is 10.2. The Morgan fingerprint density at radius 1 is 1.17 bits per heavy atom. The van der Waals surface area contributed by atoms with E-state index in [2.05, 4.69) is 30.8 Å². The summed E-state index contributed by atoms with van der Waals surface area (Å²) in [6, 6.07) is 7.59. The molecule has 1 aliphatic rings. The maximum atomic E-state index is 8.92. The van der Waals surface area contributed by atoms with Crippen molar-refractivity contribution in [1.82, 2.24) is 19.9 Å². The molecule has 1 aliphatic heterocycles. The minimum Gasteiger partial charge on any atom is -0.481 e. The number of anilines is 1. The summed E-state index contributed by atoms with van der Waals surface area (Å²) < 4.78 is 5.07. The van der Waals surface area contributed by atoms with Gasteiger partial charge in [0.2, 0.25) is 11.8 Å². The number of nitrogens with zero attached hydrogens (tertiary/aromatic N) is 6. The summed E-state index contributed by atoms with van der Waals surface area (Å²) in [7, 11) is 1.62. The smallest absolute Gasteiger partial charge is 0.226 e. The van der Waals surface area contributed by atoms with Gasteiger partial charge in [-0.05, 0) is 11.6 Å². The van der Waals surface area contributed by atoms with Gasteiger partial charge in [0.15, 0.2) is 0 Å². The first kappa shape index (κ1) is 15.2. The molecule has 0 bridgehead atoms. The minimum atomic E-state index is 0.404. The van der Waals surface area contributed by atoms with Crippen LogP contribution in [0.4, 0.5) is 5.95 Å². The summed E-state index contributed by atoms with van der Waals surface area (Å²) in [5, 5.41) is 8.92. The second-order valence-corrected chi connectivity index (χ2v) is 5.33. The van der Waals surface area contributed by atoms with E-state index < -0.39 is 0 Å². The molecule has 0 atom stereocenters. The number of aromatic nitrogens is 3. The fourth-order valence-corrected chi connectivity index (χ4v) is 2.55. The first-order valence-corrected chi connectivity index (χ1v) is 7.48. The van der Waals surface area contributed by atoms with Crippen LogP contribution in [0.2, 0.25) is 0 Å². The molecule has 2 aromatic heterocycles. The fourth-order valence-electron chi connectivity index (χ4n) is 2.55. The number of ether oxygens (including phenoxy) is 1. The van der Waals surface area contributed by atoms with Gasteiger partial charge in [0.05, 0.1) is 7.11 Å². The van der Waals surface area contributed by atoms with Crippen LogP contribution in [-0.2, 0) is 6.54 Å². The monoisotopic (exact) mass is 310 g/mol. The van der Waals surface area contributed by atoms with Crippen LogP contribution >= 0.6 is 0 Å². The Morgan fingerprint density at radius 3 is 2.65 bits per heavy atom. The molecule has 7 nitrogen and oxygen atoms in total. The van der Waals surface area contributed by atoms with E-state index in [4.69, 9.17) is 10.00 Å². The molecule has 1 saturated heterocycles. The van der Waals surface area contributed by atoms with Crippen LogP contribution in [0.3, 0.4) is 0 Å². The highest BCUT2D eigenvalue weighted by atomic mass is 16.5.